The topological polar surface area (TPSA) is 43.3 Å². The van der Waals surface area contributed by atoms with E-state index >= 15 is 0 Å². The number of fused-ring (bicyclic) bond motifs is 1. The lowest BCUT2D eigenvalue weighted by molar-refractivity contribution is 0.0945. The van der Waals surface area contributed by atoms with E-state index in [2.05, 4.69) is 22.9 Å². The first-order valence-electron chi connectivity index (χ1n) is 9.80. The lowest BCUT2D eigenvalue weighted by Crippen LogP contribution is -2.28. The summed E-state index contributed by atoms with van der Waals surface area (Å²) in [5.74, 6) is 0.753. The molecule has 4 rings (SSSR count). The zero-order valence-corrected chi connectivity index (χ0v) is 18.5. The van der Waals surface area contributed by atoms with Crippen molar-refractivity contribution >= 4 is 39.1 Å². The second-order valence-corrected chi connectivity index (χ2v) is 8.83. The number of benzene rings is 2. The van der Waals surface area contributed by atoms with E-state index in [0.717, 1.165) is 27.1 Å². The molecular formula is C24H23ClN2O2S. The number of para-hydroxylation sites is 1. The minimum atomic E-state index is -0.0852. The van der Waals surface area contributed by atoms with Crippen LogP contribution in [-0.2, 0) is 13.0 Å². The Balaban J connectivity index is 1.56. The highest BCUT2D eigenvalue weighted by atomic mass is 35.5. The van der Waals surface area contributed by atoms with Gasteiger partial charge in [0.2, 0.25) is 0 Å². The van der Waals surface area contributed by atoms with E-state index in [-0.39, 0.29) is 5.91 Å². The molecule has 0 unspecified atom stereocenters. The molecular weight excluding hydrogens is 416 g/mol. The van der Waals surface area contributed by atoms with Crippen LogP contribution in [0.5, 0.6) is 5.75 Å². The number of carbonyl (C=O) groups is 1. The van der Waals surface area contributed by atoms with Crippen molar-refractivity contribution in [1.29, 1.82) is 0 Å². The van der Waals surface area contributed by atoms with Crippen LogP contribution in [0.15, 0.2) is 60.7 Å². The maximum Gasteiger partial charge on any atom is 0.267 e. The van der Waals surface area contributed by atoms with Crippen LogP contribution in [0.2, 0.25) is 5.02 Å². The van der Waals surface area contributed by atoms with Gasteiger partial charge in [0.1, 0.15) is 11.4 Å². The minimum absolute atomic E-state index is 0.0852. The van der Waals surface area contributed by atoms with Crippen molar-refractivity contribution in [2.75, 3.05) is 13.7 Å². The van der Waals surface area contributed by atoms with E-state index in [4.69, 9.17) is 16.3 Å². The Morgan fingerprint density at radius 3 is 2.60 bits per heavy atom. The summed E-state index contributed by atoms with van der Waals surface area (Å²) in [6, 6.07) is 19.7. The number of aromatic nitrogens is 1. The Morgan fingerprint density at radius 1 is 1.10 bits per heavy atom. The van der Waals surface area contributed by atoms with Gasteiger partial charge in [-0.05, 0) is 48.7 Å². The molecule has 0 atom stereocenters. The smallest absolute Gasteiger partial charge is 0.267 e. The number of amides is 1. The molecule has 0 aliphatic heterocycles. The van der Waals surface area contributed by atoms with Crippen molar-refractivity contribution in [2.24, 2.45) is 0 Å². The molecule has 2 heterocycles. The number of hydrogen-bond donors (Lipinski definition) is 1. The van der Waals surface area contributed by atoms with E-state index in [1.807, 2.05) is 54.6 Å². The summed E-state index contributed by atoms with van der Waals surface area (Å²) in [5.41, 5.74) is 3.77. The average Bonchev–Trinajstić information content (AvgIpc) is 3.26. The standard InChI is InChI=1S/C24H23ClN2O2S/c1-16-13-20-23(30-16)14-21(27(20)15-18-8-3-5-9-19(18)25)24(28)26-12-11-17-7-4-6-10-22(17)29-2/h3-10,13-14H,11-12,15H2,1-2H3,(H,26,28). The van der Waals surface area contributed by atoms with Crippen LogP contribution in [0.25, 0.3) is 10.2 Å². The maximum absolute atomic E-state index is 13.0. The van der Waals surface area contributed by atoms with E-state index < -0.39 is 0 Å². The van der Waals surface area contributed by atoms with Gasteiger partial charge in [0.25, 0.3) is 5.91 Å². The molecule has 0 fully saturated rings. The van der Waals surface area contributed by atoms with Crippen molar-refractivity contribution in [2.45, 2.75) is 19.9 Å². The minimum Gasteiger partial charge on any atom is -0.496 e. The summed E-state index contributed by atoms with van der Waals surface area (Å²) >= 11 is 8.08. The Labute approximate surface area is 185 Å². The average molecular weight is 439 g/mol. The summed E-state index contributed by atoms with van der Waals surface area (Å²) < 4.78 is 8.56. The zero-order valence-electron chi connectivity index (χ0n) is 16.9. The highest BCUT2D eigenvalue weighted by Crippen LogP contribution is 2.30. The van der Waals surface area contributed by atoms with Gasteiger partial charge in [0, 0.05) is 23.0 Å². The van der Waals surface area contributed by atoms with Gasteiger partial charge in [0.05, 0.1) is 17.3 Å². The zero-order chi connectivity index (χ0) is 21.1. The normalized spacial score (nSPS) is 11.0. The van der Waals surface area contributed by atoms with Crippen LogP contribution in [0, 0.1) is 6.92 Å². The monoisotopic (exact) mass is 438 g/mol. The quantitative estimate of drug-likeness (QED) is 0.402. The van der Waals surface area contributed by atoms with E-state index in [0.29, 0.717) is 30.2 Å². The predicted molar refractivity (Wildman–Crippen MR) is 124 cm³/mol. The van der Waals surface area contributed by atoms with Crippen molar-refractivity contribution in [3.63, 3.8) is 0 Å². The molecule has 0 saturated heterocycles. The highest BCUT2D eigenvalue weighted by Gasteiger charge is 2.18. The Kier molecular flexibility index (Phi) is 6.11. The van der Waals surface area contributed by atoms with Gasteiger partial charge < -0.3 is 14.6 Å². The van der Waals surface area contributed by atoms with Crippen LogP contribution in [-0.4, -0.2) is 24.1 Å². The largest absolute Gasteiger partial charge is 0.496 e. The summed E-state index contributed by atoms with van der Waals surface area (Å²) in [6.45, 7) is 3.16. The Bertz CT molecular complexity index is 1200. The lowest BCUT2D eigenvalue weighted by Gasteiger charge is -2.13. The van der Waals surface area contributed by atoms with Crippen LogP contribution >= 0.6 is 22.9 Å². The predicted octanol–water partition coefficient (Wildman–Crippen LogP) is 5.69. The number of methoxy groups -OCH3 is 1. The van der Waals surface area contributed by atoms with Gasteiger partial charge in [-0.2, -0.15) is 0 Å². The summed E-state index contributed by atoms with van der Waals surface area (Å²) in [6.07, 6.45) is 0.703. The third-order valence-corrected chi connectivity index (χ3v) is 6.46. The van der Waals surface area contributed by atoms with Crippen molar-refractivity contribution in [3.05, 3.63) is 87.4 Å². The summed E-state index contributed by atoms with van der Waals surface area (Å²) in [5, 5.41) is 3.76. The molecule has 0 spiro atoms. The number of nitrogens with one attached hydrogen (secondary N) is 1. The molecule has 0 aliphatic rings. The molecule has 30 heavy (non-hydrogen) atoms. The van der Waals surface area contributed by atoms with Crippen LogP contribution < -0.4 is 10.1 Å². The van der Waals surface area contributed by atoms with Crippen LogP contribution in [0.3, 0.4) is 0 Å². The third-order valence-electron chi connectivity index (χ3n) is 5.10. The molecule has 1 N–H and O–H groups in total. The van der Waals surface area contributed by atoms with Gasteiger partial charge in [-0.25, -0.2) is 0 Å². The molecule has 2 aromatic carbocycles. The number of rotatable bonds is 7. The number of aryl methyl sites for hydroxylation is 1. The number of carbonyl (C=O) groups excluding carboxylic acids is 1. The van der Waals surface area contributed by atoms with Gasteiger partial charge in [-0.1, -0.05) is 48.0 Å². The first-order chi connectivity index (χ1) is 14.6. The van der Waals surface area contributed by atoms with Crippen LogP contribution in [0.1, 0.15) is 26.5 Å². The van der Waals surface area contributed by atoms with Gasteiger partial charge in [0.15, 0.2) is 0 Å². The van der Waals surface area contributed by atoms with Gasteiger partial charge in [-0.15, -0.1) is 11.3 Å². The second kappa shape index (κ2) is 8.94. The molecule has 4 aromatic rings. The summed E-state index contributed by atoms with van der Waals surface area (Å²) in [4.78, 5) is 14.3. The Morgan fingerprint density at radius 2 is 1.83 bits per heavy atom. The number of hydrogen-bond acceptors (Lipinski definition) is 3. The molecule has 4 nitrogen and oxygen atoms in total. The van der Waals surface area contributed by atoms with Gasteiger partial charge in [-0.3, -0.25) is 4.79 Å². The number of ether oxygens (including phenoxy) is 1. The fraction of sp³-hybridized carbons (Fsp3) is 0.208. The van der Waals surface area contributed by atoms with Crippen LogP contribution in [0.4, 0.5) is 0 Å². The van der Waals surface area contributed by atoms with E-state index in [1.54, 1.807) is 18.4 Å². The molecule has 6 heteroatoms. The van der Waals surface area contributed by atoms with E-state index in [9.17, 15) is 4.79 Å². The fourth-order valence-corrected chi connectivity index (χ4v) is 4.79. The molecule has 0 saturated carbocycles. The van der Waals surface area contributed by atoms with Crippen molar-refractivity contribution in [3.8, 4) is 5.75 Å². The molecule has 154 valence electrons. The van der Waals surface area contributed by atoms with E-state index in [1.165, 1.54) is 4.88 Å². The maximum atomic E-state index is 13.0. The first-order valence-corrected chi connectivity index (χ1v) is 11.0. The number of halogens is 1. The second-order valence-electron chi connectivity index (χ2n) is 7.13. The number of nitrogens with zero attached hydrogens (tertiary/aromatic N) is 1. The molecule has 0 bridgehead atoms. The summed E-state index contributed by atoms with van der Waals surface area (Å²) in [7, 11) is 1.66. The van der Waals surface area contributed by atoms with Crippen molar-refractivity contribution < 1.29 is 9.53 Å². The Hall–Kier alpha value is -2.76. The fourth-order valence-electron chi connectivity index (χ4n) is 3.63. The third kappa shape index (κ3) is 4.23. The molecule has 0 radical (unpaired) electrons. The highest BCUT2D eigenvalue weighted by molar-refractivity contribution is 7.19. The molecule has 1 amide bonds. The SMILES string of the molecule is COc1ccccc1CCNC(=O)c1cc2sc(C)cc2n1Cc1ccccc1Cl. The van der Waals surface area contributed by atoms with Crippen molar-refractivity contribution in [1.82, 2.24) is 9.88 Å². The number of thiophene rings is 1. The van der Waals surface area contributed by atoms with Gasteiger partial charge >= 0.3 is 0 Å². The molecule has 0 aliphatic carbocycles. The lowest BCUT2D eigenvalue weighted by atomic mass is 10.1. The molecule has 2 aromatic heterocycles. The first kappa shape index (κ1) is 20.5.